The number of likely N-dealkylation sites (tertiary alicyclic amines) is 1. The molecule has 29 heavy (non-hydrogen) atoms. The Labute approximate surface area is 173 Å². The van der Waals surface area contributed by atoms with Crippen molar-refractivity contribution in [3.8, 4) is 17.0 Å². The maximum atomic E-state index is 12.8. The maximum absolute atomic E-state index is 12.8. The highest BCUT2D eigenvalue weighted by Gasteiger charge is 2.35. The fourth-order valence-corrected chi connectivity index (χ4v) is 4.25. The SMILES string of the molecule is Cc1sc(NC(=O)[C@H]2CCCN2C(=O)Oc2ccccc2)nc1-c1ccccc1. The Morgan fingerprint density at radius 3 is 2.52 bits per heavy atom. The minimum Gasteiger partial charge on any atom is -0.410 e. The van der Waals surface area contributed by atoms with Crippen molar-refractivity contribution in [1.29, 1.82) is 0 Å². The third-order valence-corrected chi connectivity index (χ3v) is 5.70. The van der Waals surface area contributed by atoms with Crippen molar-refractivity contribution in [2.24, 2.45) is 0 Å². The lowest BCUT2D eigenvalue weighted by atomic mass is 10.1. The van der Waals surface area contributed by atoms with Crippen LogP contribution in [-0.4, -0.2) is 34.5 Å². The molecule has 2 amide bonds. The predicted octanol–water partition coefficient (Wildman–Crippen LogP) is 4.72. The second-order valence-corrected chi connectivity index (χ2v) is 8.01. The van der Waals surface area contributed by atoms with Gasteiger partial charge in [0.15, 0.2) is 5.13 Å². The summed E-state index contributed by atoms with van der Waals surface area (Å²) in [5.74, 6) is 0.229. The van der Waals surface area contributed by atoms with Gasteiger partial charge in [-0.1, -0.05) is 48.5 Å². The number of hydrogen-bond acceptors (Lipinski definition) is 5. The Balaban J connectivity index is 1.44. The lowest BCUT2D eigenvalue weighted by Gasteiger charge is -2.22. The number of rotatable bonds is 4. The molecule has 1 fully saturated rings. The smallest absolute Gasteiger partial charge is 0.410 e. The van der Waals surface area contributed by atoms with E-state index in [4.69, 9.17) is 4.74 Å². The summed E-state index contributed by atoms with van der Waals surface area (Å²) in [4.78, 5) is 32.5. The number of carbonyl (C=O) groups excluding carboxylic acids is 2. The first kappa shape index (κ1) is 19.1. The van der Waals surface area contributed by atoms with Gasteiger partial charge in [-0.05, 0) is 31.9 Å². The molecule has 6 nitrogen and oxygen atoms in total. The molecular formula is C22H21N3O3S. The lowest BCUT2D eigenvalue weighted by molar-refractivity contribution is -0.119. The molecule has 1 atom stereocenters. The predicted molar refractivity (Wildman–Crippen MR) is 113 cm³/mol. The van der Waals surface area contributed by atoms with E-state index in [2.05, 4.69) is 10.3 Å². The molecule has 2 aromatic carbocycles. The first-order valence-corrected chi connectivity index (χ1v) is 10.3. The number of aromatic nitrogens is 1. The van der Waals surface area contributed by atoms with Crippen molar-refractivity contribution in [2.75, 3.05) is 11.9 Å². The van der Waals surface area contributed by atoms with E-state index in [0.29, 0.717) is 23.8 Å². The highest BCUT2D eigenvalue weighted by Crippen LogP contribution is 2.31. The van der Waals surface area contributed by atoms with Crippen molar-refractivity contribution in [2.45, 2.75) is 25.8 Å². The van der Waals surface area contributed by atoms with Crippen LogP contribution in [0.3, 0.4) is 0 Å². The molecule has 0 spiro atoms. The standard InChI is InChI=1S/C22H21N3O3S/c1-15-19(16-9-4-2-5-10-16)23-21(29-15)24-20(26)18-13-8-14-25(18)22(27)28-17-11-6-3-7-12-17/h2-7,9-12,18H,8,13-14H2,1H3,(H,23,24,26)/t18-/m1/s1. The second-order valence-electron chi connectivity index (χ2n) is 6.81. The highest BCUT2D eigenvalue weighted by atomic mass is 32.1. The zero-order chi connectivity index (χ0) is 20.2. The fraction of sp³-hybridized carbons (Fsp3) is 0.227. The molecule has 1 saturated heterocycles. The Bertz CT molecular complexity index is 1000. The van der Waals surface area contributed by atoms with E-state index < -0.39 is 12.1 Å². The zero-order valence-corrected chi connectivity index (χ0v) is 16.8. The van der Waals surface area contributed by atoms with Crippen molar-refractivity contribution in [1.82, 2.24) is 9.88 Å². The molecule has 2 heterocycles. The molecule has 1 aliphatic heterocycles. The molecule has 1 N–H and O–H groups in total. The van der Waals surface area contributed by atoms with Crippen LogP contribution in [0, 0.1) is 6.92 Å². The number of aryl methyl sites for hydroxylation is 1. The Morgan fingerprint density at radius 2 is 1.79 bits per heavy atom. The summed E-state index contributed by atoms with van der Waals surface area (Å²) in [5, 5.41) is 3.42. The number of thiazole rings is 1. The molecule has 3 aromatic rings. The molecule has 148 valence electrons. The third kappa shape index (κ3) is 4.30. The van der Waals surface area contributed by atoms with E-state index in [9.17, 15) is 9.59 Å². The van der Waals surface area contributed by atoms with Crippen molar-refractivity contribution in [3.63, 3.8) is 0 Å². The van der Waals surface area contributed by atoms with Crippen molar-refractivity contribution in [3.05, 3.63) is 65.5 Å². The van der Waals surface area contributed by atoms with E-state index in [1.807, 2.05) is 43.3 Å². The van der Waals surface area contributed by atoms with Gasteiger partial charge in [0.05, 0.1) is 5.69 Å². The Hall–Kier alpha value is -3.19. The average molecular weight is 407 g/mol. The van der Waals surface area contributed by atoms with Gasteiger partial charge in [0.1, 0.15) is 11.8 Å². The van der Waals surface area contributed by atoms with Gasteiger partial charge in [0.2, 0.25) is 5.91 Å². The van der Waals surface area contributed by atoms with Gasteiger partial charge in [0.25, 0.3) is 0 Å². The third-order valence-electron chi connectivity index (χ3n) is 4.81. The Morgan fingerprint density at radius 1 is 1.10 bits per heavy atom. The number of nitrogens with zero attached hydrogens (tertiary/aromatic N) is 2. The molecule has 0 radical (unpaired) electrons. The van der Waals surface area contributed by atoms with Crippen LogP contribution in [0.2, 0.25) is 0 Å². The van der Waals surface area contributed by atoms with E-state index >= 15 is 0 Å². The van der Waals surface area contributed by atoms with Crippen LogP contribution < -0.4 is 10.1 Å². The van der Waals surface area contributed by atoms with Gasteiger partial charge in [-0.25, -0.2) is 9.78 Å². The molecule has 1 aromatic heterocycles. The number of ether oxygens (including phenoxy) is 1. The highest BCUT2D eigenvalue weighted by molar-refractivity contribution is 7.16. The fourth-order valence-electron chi connectivity index (χ4n) is 3.41. The quantitative estimate of drug-likeness (QED) is 0.679. The molecule has 0 unspecified atom stereocenters. The second kappa shape index (κ2) is 8.45. The van der Waals surface area contributed by atoms with Crippen LogP contribution in [0.1, 0.15) is 17.7 Å². The van der Waals surface area contributed by atoms with Gasteiger partial charge < -0.3 is 10.1 Å². The van der Waals surface area contributed by atoms with Crippen molar-refractivity contribution >= 4 is 28.5 Å². The van der Waals surface area contributed by atoms with Crippen LogP contribution >= 0.6 is 11.3 Å². The van der Waals surface area contributed by atoms with Gasteiger partial charge in [-0.15, -0.1) is 11.3 Å². The minimum atomic E-state index is -0.560. The number of carbonyl (C=O) groups is 2. The Kier molecular flexibility index (Phi) is 5.57. The molecular weight excluding hydrogens is 386 g/mol. The monoisotopic (exact) mass is 407 g/mol. The average Bonchev–Trinajstić information content (AvgIpc) is 3.36. The van der Waals surface area contributed by atoms with Gasteiger partial charge in [-0.3, -0.25) is 9.69 Å². The lowest BCUT2D eigenvalue weighted by Crippen LogP contribution is -2.44. The number of nitrogens with one attached hydrogen (secondary N) is 1. The minimum absolute atomic E-state index is 0.235. The van der Waals surface area contributed by atoms with Crippen LogP contribution in [0.15, 0.2) is 60.7 Å². The van der Waals surface area contributed by atoms with Crippen LogP contribution in [0.25, 0.3) is 11.3 Å². The summed E-state index contributed by atoms with van der Waals surface area (Å²) in [7, 11) is 0. The van der Waals surface area contributed by atoms with Gasteiger partial charge in [-0.2, -0.15) is 0 Å². The number of amides is 2. The number of anilines is 1. The van der Waals surface area contributed by atoms with Crippen LogP contribution in [0.5, 0.6) is 5.75 Å². The molecule has 0 saturated carbocycles. The summed E-state index contributed by atoms with van der Waals surface area (Å²) in [6.45, 7) is 2.48. The van der Waals surface area contributed by atoms with E-state index in [0.717, 1.165) is 22.6 Å². The zero-order valence-electron chi connectivity index (χ0n) is 16.0. The molecule has 7 heteroatoms. The maximum Gasteiger partial charge on any atom is 0.415 e. The number of benzene rings is 2. The first-order chi connectivity index (χ1) is 14.1. The summed E-state index contributed by atoms with van der Waals surface area (Å²) in [6, 6.07) is 18.2. The summed E-state index contributed by atoms with van der Waals surface area (Å²) in [5.41, 5.74) is 1.87. The van der Waals surface area contributed by atoms with E-state index in [-0.39, 0.29) is 5.91 Å². The van der Waals surface area contributed by atoms with Crippen molar-refractivity contribution < 1.29 is 14.3 Å². The van der Waals surface area contributed by atoms with E-state index in [1.54, 1.807) is 24.3 Å². The number of para-hydroxylation sites is 1. The molecule has 0 bridgehead atoms. The normalized spacial score (nSPS) is 15.9. The van der Waals surface area contributed by atoms with Gasteiger partial charge >= 0.3 is 6.09 Å². The van der Waals surface area contributed by atoms with E-state index in [1.165, 1.54) is 16.2 Å². The summed E-state index contributed by atoms with van der Waals surface area (Å²) in [6.07, 6.45) is 0.855. The summed E-state index contributed by atoms with van der Waals surface area (Å²) < 4.78 is 5.40. The molecule has 4 rings (SSSR count). The largest absolute Gasteiger partial charge is 0.415 e. The first-order valence-electron chi connectivity index (χ1n) is 9.49. The topological polar surface area (TPSA) is 71.5 Å². The molecule has 1 aliphatic rings. The van der Waals surface area contributed by atoms with Gasteiger partial charge in [0, 0.05) is 17.0 Å². The summed E-state index contributed by atoms with van der Waals surface area (Å²) >= 11 is 1.43. The van der Waals surface area contributed by atoms with Crippen LogP contribution in [0.4, 0.5) is 9.93 Å². The van der Waals surface area contributed by atoms with Crippen LogP contribution in [-0.2, 0) is 4.79 Å². The number of hydrogen-bond donors (Lipinski definition) is 1. The molecule has 0 aliphatic carbocycles.